The minimum atomic E-state index is -4.16. The van der Waals surface area contributed by atoms with Crippen LogP contribution in [0.25, 0.3) is 0 Å². The number of halogens is 1. The fraction of sp³-hybridized carbons (Fsp3) is 0.333. The topological polar surface area (TPSA) is 96.0 Å². The summed E-state index contributed by atoms with van der Waals surface area (Å²) in [6, 6.07) is 20.6. The second-order valence-electron chi connectivity index (χ2n) is 9.19. The fourth-order valence-electron chi connectivity index (χ4n) is 4.05. The Morgan fingerprint density at radius 3 is 2.23 bits per heavy atom. The van der Waals surface area contributed by atoms with Crippen LogP contribution in [0.2, 0.25) is 5.02 Å². The molecule has 1 atom stereocenters. The van der Waals surface area contributed by atoms with Crippen molar-refractivity contribution >= 4 is 39.1 Å². The van der Waals surface area contributed by atoms with Gasteiger partial charge < -0.3 is 15.0 Å². The third-order valence-electron chi connectivity index (χ3n) is 6.34. The molecule has 0 aliphatic rings. The van der Waals surface area contributed by atoms with E-state index in [4.69, 9.17) is 16.3 Å². The number of carbonyl (C=O) groups is 2. The molecule has 0 spiro atoms. The van der Waals surface area contributed by atoms with Gasteiger partial charge in [0.05, 0.1) is 17.2 Å². The molecule has 0 radical (unpaired) electrons. The zero-order valence-electron chi connectivity index (χ0n) is 23.0. The zero-order chi connectivity index (χ0) is 29.1. The maximum Gasteiger partial charge on any atom is 0.264 e. The Bertz CT molecular complexity index is 1370. The van der Waals surface area contributed by atoms with Gasteiger partial charge in [-0.1, -0.05) is 61.3 Å². The average Bonchev–Trinajstić information content (AvgIpc) is 2.96. The van der Waals surface area contributed by atoms with Gasteiger partial charge in [-0.2, -0.15) is 0 Å². The van der Waals surface area contributed by atoms with Gasteiger partial charge in [-0.15, -0.1) is 0 Å². The largest absolute Gasteiger partial charge is 0.494 e. The van der Waals surface area contributed by atoms with Crippen molar-refractivity contribution in [2.45, 2.75) is 51.1 Å². The molecular weight excluding hydrogens is 550 g/mol. The van der Waals surface area contributed by atoms with Crippen LogP contribution in [-0.2, 0) is 26.2 Å². The molecule has 0 aromatic heterocycles. The SMILES string of the molecule is CCCCNC(=O)[C@H](C)N(Cc1ccccc1Cl)C(=O)CN(c1ccccc1)S(=O)(=O)c1ccc(OCC)cc1. The van der Waals surface area contributed by atoms with Crippen molar-refractivity contribution in [2.24, 2.45) is 0 Å². The highest BCUT2D eigenvalue weighted by Gasteiger charge is 2.32. The number of nitrogens with one attached hydrogen (secondary N) is 1. The van der Waals surface area contributed by atoms with Crippen LogP contribution in [-0.4, -0.2) is 50.9 Å². The average molecular weight is 586 g/mol. The first-order valence-corrected chi connectivity index (χ1v) is 15.1. The Hall–Kier alpha value is -3.56. The number of ether oxygens (including phenoxy) is 1. The molecule has 0 unspecified atom stereocenters. The van der Waals surface area contributed by atoms with E-state index in [1.54, 1.807) is 73.7 Å². The van der Waals surface area contributed by atoms with E-state index in [0.717, 1.165) is 17.1 Å². The third kappa shape index (κ3) is 7.99. The molecule has 2 amide bonds. The number of rotatable bonds is 14. The monoisotopic (exact) mass is 585 g/mol. The number of benzene rings is 3. The summed E-state index contributed by atoms with van der Waals surface area (Å²) >= 11 is 6.39. The second-order valence-corrected chi connectivity index (χ2v) is 11.5. The normalized spacial score (nSPS) is 11.9. The predicted octanol–water partition coefficient (Wildman–Crippen LogP) is 5.27. The van der Waals surface area contributed by atoms with E-state index in [0.29, 0.717) is 35.2 Å². The lowest BCUT2D eigenvalue weighted by Crippen LogP contribution is -2.51. The lowest BCUT2D eigenvalue weighted by atomic mass is 10.1. The number of para-hydroxylation sites is 1. The quantitative estimate of drug-likeness (QED) is 0.260. The Balaban J connectivity index is 1.97. The van der Waals surface area contributed by atoms with Crippen molar-refractivity contribution in [1.82, 2.24) is 10.2 Å². The molecule has 3 aromatic carbocycles. The van der Waals surface area contributed by atoms with Crippen molar-refractivity contribution < 1.29 is 22.7 Å². The minimum Gasteiger partial charge on any atom is -0.494 e. The van der Waals surface area contributed by atoms with Gasteiger partial charge >= 0.3 is 0 Å². The molecule has 1 N–H and O–H groups in total. The summed E-state index contributed by atoms with van der Waals surface area (Å²) in [6.07, 6.45) is 1.71. The Labute approximate surface area is 241 Å². The zero-order valence-corrected chi connectivity index (χ0v) is 24.6. The first-order valence-electron chi connectivity index (χ1n) is 13.3. The molecule has 3 aromatic rings. The van der Waals surface area contributed by atoms with Gasteiger partial charge in [-0.25, -0.2) is 8.42 Å². The Morgan fingerprint density at radius 2 is 1.60 bits per heavy atom. The van der Waals surface area contributed by atoms with E-state index < -0.39 is 28.5 Å². The highest BCUT2D eigenvalue weighted by atomic mass is 35.5. The van der Waals surface area contributed by atoms with Gasteiger partial charge in [0.25, 0.3) is 10.0 Å². The molecule has 214 valence electrons. The van der Waals surface area contributed by atoms with E-state index in [-0.39, 0.29) is 17.3 Å². The van der Waals surface area contributed by atoms with E-state index >= 15 is 0 Å². The number of sulfonamides is 1. The first-order chi connectivity index (χ1) is 19.2. The summed E-state index contributed by atoms with van der Waals surface area (Å²) in [5.41, 5.74) is 0.967. The molecule has 0 aliphatic heterocycles. The molecule has 0 heterocycles. The lowest BCUT2D eigenvalue weighted by molar-refractivity contribution is -0.139. The summed E-state index contributed by atoms with van der Waals surface area (Å²) < 4.78 is 34.2. The summed E-state index contributed by atoms with van der Waals surface area (Å²) in [6.45, 7) is 5.93. The van der Waals surface area contributed by atoms with Crippen LogP contribution >= 0.6 is 11.6 Å². The van der Waals surface area contributed by atoms with E-state index in [9.17, 15) is 18.0 Å². The Kier molecular flexibility index (Phi) is 11.4. The van der Waals surface area contributed by atoms with Crippen molar-refractivity contribution in [3.63, 3.8) is 0 Å². The van der Waals surface area contributed by atoms with Crippen LogP contribution in [0.15, 0.2) is 83.8 Å². The van der Waals surface area contributed by atoms with Crippen LogP contribution in [0, 0.1) is 0 Å². The molecule has 0 fully saturated rings. The predicted molar refractivity (Wildman–Crippen MR) is 158 cm³/mol. The highest BCUT2D eigenvalue weighted by molar-refractivity contribution is 7.92. The number of nitrogens with zero attached hydrogens (tertiary/aromatic N) is 2. The number of hydrogen-bond acceptors (Lipinski definition) is 5. The van der Waals surface area contributed by atoms with Crippen LogP contribution in [0.5, 0.6) is 5.75 Å². The minimum absolute atomic E-state index is 0.00983. The summed E-state index contributed by atoms with van der Waals surface area (Å²) in [7, 11) is -4.16. The fourth-order valence-corrected chi connectivity index (χ4v) is 5.66. The van der Waals surface area contributed by atoms with Crippen LogP contribution < -0.4 is 14.4 Å². The van der Waals surface area contributed by atoms with Gasteiger partial charge in [0.1, 0.15) is 18.3 Å². The summed E-state index contributed by atoms with van der Waals surface area (Å²) in [5.74, 6) is -0.330. The molecule has 8 nitrogen and oxygen atoms in total. The smallest absolute Gasteiger partial charge is 0.264 e. The van der Waals surface area contributed by atoms with Crippen molar-refractivity contribution in [1.29, 1.82) is 0 Å². The number of anilines is 1. The van der Waals surface area contributed by atoms with Gasteiger partial charge in [0.2, 0.25) is 11.8 Å². The molecule has 0 saturated carbocycles. The van der Waals surface area contributed by atoms with Crippen molar-refractivity contribution in [3.05, 3.63) is 89.4 Å². The van der Waals surface area contributed by atoms with Crippen LogP contribution in [0.4, 0.5) is 5.69 Å². The molecule has 40 heavy (non-hydrogen) atoms. The highest BCUT2D eigenvalue weighted by Crippen LogP contribution is 2.26. The number of amides is 2. The van der Waals surface area contributed by atoms with Crippen LogP contribution in [0.1, 0.15) is 39.2 Å². The van der Waals surface area contributed by atoms with Crippen LogP contribution in [0.3, 0.4) is 0 Å². The van der Waals surface area contributed by atoms with Gasteiger partial charge in [0, 0.05) is 18.1 Å². The van der Waals surface area contributed by atoms with Gasteiger partial charge in [0.15, 0.2) is 0 Å². The first kappa shape index (κ1) is 31.0. The van der Waals surface area contributed by atoms with Crippen molar-refractivity contribution in [2.75, 3.05) is 24.0 Å². The molecular formula is C30H36ClN3O5S. The number of carbonyl (C=O) groups excluding carboxylic acids is 2. The lowest BCUT2D eigenvalue weighted by Gasteiger charge is -2.32. The van der Waals surface area contributed by atoms with E-state index in [2.05, 4.69) is 5.32 Å². The maximum absolute atomic E-state index is 13.9. The van der Waals surface area contributed by atoms with Gasteiger partial charge in [-0.3, -0.25) is 13.9 Å². The second kappa shape index (κ2) is 14.7. The molecule has 0 bridgehead atoms. The standard InChI is InChI=1S/C30H36ClN3O5S/c1-4-6-20-32-30(36)23(3)33(21-24-12-10-11-15-28(24)31)29(35)22-34(25-13-8-7-9-14-25)40(37,38)27-18-16-26(17-19-27)39-5-2/h7-19,23H,4-6,20-22H2,1-3H3,(H,32,36)/t23-/m0/s1. The summed E-state index contributed by atoms with van der Waals surface area (Å²) in [4.78, 5) is 28.3. The van der Waals surface area contributed by atoms with E-state index in [1.807, 2.05) is 13.8 Å². The molecule has 0 saturated heterocycles. The molecule has 0 aliphatic carbocycles. The van der Waals surface area contributed by atoms with Crippen molar-refractivity contribution in [3.8, 4) is 5.75 Å². The maximum atomic E-state index is 13.9. The third-order valence-corrected chi connectivity index (χ3v) is 8.50. The number of hydrogen-bond donors (Lipinski definition) is 1. The Morgan fingerprint density at radius 1 is 0.950 bits per heavy atom. The summed E-state index contributed by atoms with van der Waals surface area (Å²) in [5, 5.41) is 3.31. The molecule has 3 rings (SSSR count). The van der Waals surface area contributed by atoms with E-state index in [1.165, 1.54) is 17.0 Å². The number of unbranched alkanes of at least 4 members (excludes halogenated alkanes) is 1. The van der Waals surface area contributed by atoms with Gasteiger partial charge in [-0.05, 0) is 68.3 Å². The molecule has 10 heteroatoms.